The summed E-state index contributed by atoms with van der Waals surface area (Å²) in [5, 5.41) is 20.8. The summed E-state index contributed by atoms with van der Waals surface area (Å²) in [5.41, 5.74) is 2.51. The standard InChI is InChI=1S/C15H12N4O2/c1-9-6-7-10(8-16-9)17-13-11-4-2-3-5-12(11)18-19-14(13)15(20)21/h2-8H,1H3,(H,17,18)(H,20,21). The van der Waals surface area contributed by atoms with E-state index in [2.05, 4.69) is 20.5 Å². The quantitative estimate of drug-likeness (QED) is 0.767. The SMILES string of the molecule is Cc1ccc(Nc2c(C(=O)O)nnc3ccccc23)cn1. The number of carboxylic acid groups (broad SMARTS) is 1. The topological polar surface area (TPSA) is 88.0 Å². The summed E-state index contributed by atoms with van der Waals surface area (Å²) in [6.45, 7) is 1.88. The maximum atomic E-state index is 11.4. The molecule has 0 bridgehead atoms. The number of aromatic nitrogens is 3. The van der Waals surface area contributed by atoms with E-state index in [0.29, 0.717) is 22.3 Å². The number of pyridine rings is 1. The second-order valence-electron chi connectivity index (χ2n) is 4.56. The number of carboxylic acids is 1. The van der Waals surface area contributed by atoms with Gasteiger partial charge in [-0.1, -0.05) is 18.2 Å². The van der Waals surface area contributed by atoms with E-state index in [9.17, 15) is 9.90 Å². The van der Waals surface area contributed by atoms with Crippen molar-refractivity contribution in [3.05, 3.63) is 54.0 Å². The van der Waals surface area contributed by atoms with E-state index in [-0.39, 0.29) is 5.69 Å². The summed E-state index contributed by atoms with van der Waals surface area (Å²) < 4.78 is 0. The molecule has 21 heavy (non-hydrogen) atoms. The van der Waals surface area contributed by atoms with Crippen molar-refractivity contribution in [1.82, 2.24) is 15.2 Å². The molecule has 6 nitrogen and oxygen atoms in total. The molecule has 0 radical (unpaired) electrons. The average Bonchev–Trinajstić information content (AvgIpc) is 2.49. The number of anilines is 2. The molecule has 2 heterocycles. The number of hydrogen-bond acceptors (Lipinski definition) is 5. The first-order valence-corrected chi connectivity index (χ1v) is 6.33. The summed E-state index contributed by atoms with van der Waals surface area (Å²) in [4.78, 5) is 15.5. The molecule has 6 heteroatoms. The molecule has 104 valence electrons. The Labute approximate surface area is 120 Å². The molecule has 1 aromatic carbocycles. The molecule has 0 fully saturated rings. The van der Waals surface area contributed by atoms with Crippen LogP contribution in [0.5, 0.6) is 0 Å². The minimum absolute atomic E-state index is 0.116. The van der Waals surface area contributed by atoms with E-state index in [4.69, 9.17) is 0 Å². The largest absolute Gasteiger partial charge is 0.476 e. The highest BCUT2D eigenvalue weighted by atomic mass is 16.4. The highest BCUT2D eigenvalue weighted by Crippen LogP contribution is 2.27. The van der Waals surface area contributed by atoms with Gasteiger partial charge in [-0.25, -0.2) is 4.79 Å². The Hall–Kier alpha value is -3.02. The number of nitrogens with one attached hydrogen (secondary N) is 1. The summed E-state index contributed by atoms with van der Waals surface area (Å²) in [6.07, 6.45) is 1.65. The molecule has 0 saturated heterocycles. The van der Waals surface area contributed by atoms with Crippen LogP contribution < -0.4 is 5.32 Å². The number of aromatic carboxylic acids is 1. The third kappa shape index (κ3) is 2.51. The number of aryl methyl sites for hydroxylation is 1. The van der Waals surface area contributed by atoms with Gasteiger partial charge in [0.05, 0.1) is 23.1 Å². The van der Waals surface area contributed by atoms with Crippen molar-refractivity contribution in [2.75, 3.05) is 5.32 Å². The van der Waals surface area contributed by atoms with Crippen molar-refractivity contribution in [3.8, 4) is 0 Å². The maximum absolute atomic E-state index is 11.4. The van der Waals surface area contributed by atoms with Gasteiger partial charge in [-0.2, -0.15) is 0 Å². The maximum Gasteiger partial charge on any atom is 0.358 e. The van der Waals surface area contributed by atoms with Crippen LogP contribution in [0.1, 0.15) is 16.2 Å². The van der Waals surface area contributed by atoms with E-state index in [0.717, 1.165) is 5.69 Å². The Morgan fingerprint density at radius 1 is 1.14 bits per heavy atom. The van der Waals surface area contributed by atoms with E-state index >= 15 is 0 Å². The lowest BCUT2D eigenvalue weighted by atomic mass is 10.1. The number of carbonyl (C=O) groups is 1. The molecule has 2 aromatic heterocycles. The lowest BCUT2D eigenvalue weighted by Crippen LogP contribution is -2.08. The molecule has 0 spiro atoms. The van der Waals surface area contributed by atoms with Crippen LogP contribution in [0, 0.1) is 6.92 Å². The molecule has 0 aliphatic heterocycles. The van der Waals surface area contributed by atoms with Gasteiger partial charge in [0.25, 0.3) is 0 Å². The van der Waals surface area contributed by atoms with Crippen LogP contribution in [0.15, 0.2) is 42.6 Å². The molecular weight excluding hydrogens is 268 g/mol. The summed E-state index contributed by atoms with van der Waals surface area (Å²) in [6, 6.07) is 10.9. The van der Waals surface area contributed by atoms with Crippen LogP contribution in [-0.2, 0) is 0 Å². The third-order valence-corrected chi connectivity index (χ3v) is 3.05. The molecule has 0 unspecified atom stereocenters. The third-order valence-electron chi connectivity index (χ3n) is 3.05. The lowest BCUT2D eigenvalue weighted by molar-refractivity contribution is 0.0690. The fraction of sp³-hybridized carbons (Fsp3) is 0.0667. The zero-order valence-corrected chi connectivity index (χ0v) is 11.2. The van der Waals surface area contributed by atoms with Crippen LogP contribution in [0.4, 0.5) is 11.4 Å². The van der Waals surface area contributed by atoms with Gasteiger partial charge >= 0.3 is 5.97 Å². The highest BCUT2D eigenvalue weighted by Gasteiger charge is 2.16. The van der Waals surface area contributed by atoms with Crippen LogP contribution >= 0.6 is 0 Å². The van der Waals surface area contributed by atoms with Gasteiger partial charge in [0.15, 0.2) is 5.69 Å². The normalized spacial score (nSPS) is 10.5. The monoisotopic (exact) mass is 280 g/mol. The average molecular weight is 280 g/mol. The summed E-state index contributed by atoms with van der Waals surface area (Å²) in [7, 11) is 0. The Morgan fingerprint density at radius 3 is 2.67 bits per heavy atom. The second-order valence-corrected chi connectivity index (χ2v) is 4.56. The number of hydrogen-bond donors (Lipinski definition) is 2. The Balaban J connectivity index is 2.16. The minimum atomic E-state index is -1.13. The van der Waals surface area contributed by atoms with E-state index in [1.165, 1.54) is 0 Å². The van der Waals surface area contributed by atoms with Crippen molar-refractivity contribution < 1.29 is 9.90 Å². The van der Waals surface area contributed by atoms with Gasteiger partial charge in [-0.3, -0.25) is 4.98 Å². The molecule has 3 rings (SSSR count). The predicted molar refractivity (Wildman–Crippen MR) is 78.8 cm³/mol. The molecule has 0 aliphatic carbocycles. The molecule has 2 N–H and O–H groups in total. The van der Waals surface area contributed by atoms with Crippen LogP contribution in [0.3, 0.4) is 0 Å². The zero-order chi connectivity index (χ0) is 14.8. The van der Waals surface area contributed by atoms with Gasteiger partial charge in [0, 0.05) is 11.1 Å². The molecule has 0 atom stereocenters. The van der Waals surface area contributed by atoms with Gasteiger partial charge in [0.2, 0.25) is 0 Å². The van der Waals surface area contributed by atoms with Gasteiger partial charge in [-0.15, -0.1) is 10.2 Å². The fourth-order valence-electron chi connectivity index (χ4n) is 2.02. The fourth-order valence-corrected chi connectivity index (χ4v) is 2.02. The summed E-state index contributed by atoms with van der Waals surface area (Å²) in [5.74, 6) is -1.13. The van der Waals surface area contributed by atoms with E-state index in [1.54, 1.807) is 18.3 Å². The molecule has 0 amide bonds. The number of nitrogens with zero attached hydrogens (tertiary/aromatic N) is 3. The number of fused-ring (bicyclic) bond motifs is 1. The Bertz CT molecular complexity index is 816. The first-order valence-electron chi connectivity index (χ1n) is 6.33. The van der Waals surface area contributed by atoms with Crippen molar-refractivity contribution >= 4 is 28.2 Å². The molecule has 3 aromatic rings. The molecule has 0 aliphatic rings. The van der Waals surface area contributed by atoms with E-state index in [1.807, 2.05) is 31.2 Å². The predicted octanol–water partition coefficient (Wildman–Crippen LogP) is 2.78. The van der Waals surface area contributed by atoms with Crippen LogP contribution in [-0.4, -0.2) is 26.3 Å². The smallest absolute Gasteiger partial charge is 0.358 e. The highest BCUT2D eigenvalue weighted by molar-refractivity contribution is 6.03. The van der Waals surface area contributed by atoms with Crippen molar-refractivity contribution in [2.24, 2.45) is 0 Å². The Morgan fingerprint density at radius 2 is 1.95 bits per heavy atom. The Kier molecular flexibility index (Phi) is 3.19. The number of benzene rings is 1. The molecular formula is C15H12N4O2. The summed E-state index contributed by atoms with van der Waals surface area (Å²) >= 11 is 0. The van der Waals surface area contributed by atoms with Gasteiger partial charge in [-0.05, 0) is 25.1 Å². The van der Waals surface area contributed by atoms with Crippen LogP contribution in [0.25, 0.3) is 10.9 Å². The zero-order valence-electron chi connectivity index (χ0n) is 11.2. The first kappa shape index (κ1) is 13.0. The van der Waals surface area contributed by atoms with Crippen LogP contribution in [0.2, 0.25) is 0 Å². The second kappa shape index (κ2) is 5.16. The lowest BCUT2D eigenvalue weighted by Gasteiger charge is -2.11. The minimum Gasteiger partial charge on any atom is -0.476 e. The van der Waals surface area contributed by atoms with Gasteiger partial charge in [0.1, 0.15) is 0 Å². The van der Waals surface area contributed by atoms with Crippen molar-refractivity contribution in [2.45, 2.75) is 6.92 Å². The number of rotatable bonds is 3. The van der Waals surface area contributed by atoms with E-state index < -0.39 is 5.97 Å². The van der Waals surface area contributed by atoms with Crippen molar-refractivity contribution in [1.29, 1.82) is 0 Å². The first-order chi connectivity index (χ1) is 10.1. The van der Waals surface area contributed by atoms with Crippen molar-refractivity contribution in [3.63, 3.8) is 0 Å². The molecule has 0 saturated carbocycles. The van der Waals surface area contributed by atoms with Gasteiger partial charge < -0.3 is 10.4 Å².